The van der Waals surface area contributed by atoms with Crippen LogP contribution in [-0.4, -0.2) is 14.5 Å². The maximum absolute atomic E-state index is 5.86. The second-order valence-electron chi connectivity index (χ2n) is 6.64. The quantitative estimate of drug-likeness (QED) is 0.353. The maximum atomic E-state index is 5.86. The highest BCUT2D eigenvalue weighted by atomic mass is 32.1. The molecule has 0 atom stereocenters. The van der Waals surface area contributed by atoms with Crippen molar-refractivity contribution in [3.8, 4) is 22.5 Å². The minimum atomic E-state index is 0.764. The first-order valence-electron chi connectivity index (χ1n) is 8.96. The third-order valence-electron chi connectivity index (χ3n) is 5.07. The highest BCUT2D eigenvalue weighted by molar-refractivity contribution is 7.13. The second-order valence-corrected chi connectivity index (χ2v) is 7.45. The summed E-state index contributed by atoms with van der Waals surface area (Å²) in [6.45, 7) is 0. The van der Waals surface area contributed by atoms with E-state index in [2.05, 4.69) is 40.5 Å². The lowest BCUT2D eigenvalue weighted by Gasteiger charge is -2.03. The van der Waals surface area contributed by atoms with E-state index in [-0.39, 0.29) is 0 Å². The Labute approximate surface area is 164 Å². The standard InChI is InChI=1S/C23H13N3OS/c1-2-10-20-17(6-1)22(26-28-20)19-9-4-8-18-21(25-27-23(18)19)16-7-3-5-14-13-24-12-11-15(14)16/h1-13H. The van der Waals surface area contributed by atoms with Crippen molar-refractivity contribution in [2.45, 2.75) is 0 Å². The van der Waals surface area contributed by atoms with Gasteiger partial charge in [-0.25, -0.2) is 0 Å². The molecule has 6 rings (SSSR count). The third-order valence-corrected chi connectivity index (χ3v) is 5.89. The van der Waals surface area contributed by atoms with Crippen molar-refractivity contribution >= 4 is 43.4 Å². The molecule has 0 saturated heterocycles. The van der Waals surface area contributed by atoms with E-state index in [0.717, 1.165) is 54.3 Å². The molecule has 0 spiro atoms. The Morgan fingerprint density at radius 3 is 2.57 bits per heavy atom. The summed E-state index contributed by atoms with van der Waals surface area (Å²) in [4.78, 5) is 4.22. The summed E-state index contributed by atoms with van der Waals surface area (Å²) >= 11 is 1.50. The van der Waals surface area contributed by atoms with Crippen molar-refractivity contribution in [1.29, 1.82) is 0 Å². The lowest BCUT2D eigenvalue weighted by atomic mass is 9.99. The SMILES string of the molecule is c1cc(-c2noc3c(-c4nsc5ccccc45)cccc23)c2ccncc2c1. The van der Waals surface area contributed by atoms with Crippen molar-refractivity contribution in [3.05, 3.63) is 79.1 Å². The smallest absolute Gasteiger partial charge is 0.176 e. The zero-order valence-corrected chi connectivity index (χ0v) is 15.5. The number of aromatic nitrogens is 3. The number of fused-ring (bicyclic) bond motifs is 3. The van der Waals surface area contributed by atoms with Crippen LogP contribution < -0.4 is 0 Å². The Morgan fingerprint density at radius 2 is 1.57 bits per heavy atom. The van der Waals surface area contributed by atoms with Crippen molar-refractivity contribution < 1.29 is 4.52 Å². The van der Waals surface area contributed by atoms with E-state index in [1.807, 2.05) is 42.6 Å². The highest BCUT2D eigenvalue weighted by Crippen LogP contribution is 2.39. The van der Waals surface area contributed by atoms with Gasteiger partial charge in [0.2, 0.25) is 0 Å². The van der Waals surface area contributed by atoms with Crippen LogP contribution in [0, 0.1) is 0 Å². The summed E-state index contributed by atoms with van der Waals surface area (Å²) in [7, 11) is 0. The Kier molecular flexibility index (Phi) is 3.30. The molecule has 0 unspecified atom stereocenters. The van der Waals surface area contributed by atoms with E-state index in [1.165, 1.54) is 11.5 Å². The second kappa shape index (κ2) is 5.97. The molecule has 132 valence electrons. The van der Waals surface area contributed by atoms with Crippen LogP contribution in [0.1, 0.15) is 0 Å². The van der Waals surface area contributed by atoms with Crippen LogP contribution >= 0.6 is 11.5 Å². The minimum Gasteiger partial charge on any atom is -0.355 e. The van der Waals surface area contributed by atoms with Crippen molar-refractivity contribution in [1.82, 2.24) is 14.5 Å². The first-order valence-corrected chi connectivity index (χ1v) is 9.74. The fraction of sp³-hybridized carbons (Fsp3) is 0. The number of para-hydroxylation sites is 1. The average Bonchev–Trinajstić information content (AvgIpc) is 3.38. The Hall–Kier alpha value is -3.57. The first-order chi connectivity index (χ1) is 13.9. The molecule has 0 saturated carbocycles. The summed E-state index contributed by atoms with van der Waals surface area (Å²) in [5.74, 6) is 0. The van der Waals surface area contributed by atoms with Crippen LogP contribution in [0.3, 0.4) is 0 Å². The number of benzene rings is 3. The van der Waals surface area contributed by atoms with Gasteiger partial charge in [0.05, 0.1) is 15.8 Å². The van der Waals surface area contributed by atoms with Gasteiger partial charge in [-0.05, 0) is 41.2 Å². The van der Waals surface area contributed by atoms with Crippen LogP contribution in [0.2, 0.25) is 0 Å². The van der Waals surface area contributed by atoms with Crippen molar-refractivity contribution in [3.63, 3.8) is 0 Å². The van der Waals surface area contributed by atoms with Gasteiger partial charge in [0, 0.05) is 34.3 Å². The van der Waals surface area contributed by atoms with Gasteiger partial charge in [0.15, 0.2) is 5.58 Å². The highest BCUT2D eigenvalue weighted by Gasteiger charge is 2.18. The molecule has 3 aromatic heterocycles. The number of nitrogens with zero attached hydrogens (tertiary/aromatic N) is 3. The summed E-state index contributed by atoms with van der Waals surface area (Å²) in [6.07, 6.45) is 3.68. The van der Waals surface area contributed by atoms with Gasteiger partial charge in [0.1, 0.15) is 5.69 Å². The van der Waals surface area contributed by atoms with E-state index in [1.54, 1.807) is 6.20 Å². The summed E-state index contributed by atoms with van der Waals surface area (Å²) < 4.78 is 11.7. The molecular weight excluding hydrogens is 366 g/mol. The fourth-order valence-electron chi connectivity index (χ4n) is 3.75. The number of hydrogen-bond donors (Lipinski definition) is 0. The van der Waals surface area contributed by atoms with Gasteiger partial charge in [-0.15, -0.1) is 0 Å². The number of pyridine rings is 1. The zero-order valence-electron chi connectivity index (χ0n) is 14.7. The zero-order chi connectivity index (χ0) is 18.5. The molecule has 4 nitrogen and oxygen atoms in total. The molecule has 0 amide bonds. The third kappa shape index (κ3) is 2.20. The van der Waals surface area contributed by atoms with E-state index < -0.39 is 0 Å². The summed E-state index contributed by atoms with van der Waals surface area (Å²) in [5, 5.41) is 8.75. The molecule has 3 aromatic carbocycles. The van der Waals surface area contributed by atoms with Crippen molar-refractivity contribution in [2.24, 2.45) is 0 Å². The molecule has 6 aromatic rings. The predicted molar refractivity (Wildman–Crippen MR) is 113 cm³/mol. The van der Waals surface area contributed by atoms with Gasteiger partial charge >= 0.3 is 0 Å². The largest absolute Gasteiger partial charge is 0.355 e. The molecule has 0 aliphatic rings. The summed E-state index contributed by atoms with van der Waals surface area (Å²) in [5.41, 5.74) is 4.55. The molecule has 0 aliphatic heterocycles. The number of hydrogen-bond acceptors (Lipinski definition) is 5. The number of rotatable bonds is 2. The molecule has 0 fully saturated rings. The molecule has 0 aliphatic carbocycles. The maximum Gasteiger partial charge on any atom is 0.176 e. The molecule has 3 heterocycles. The van der Waals surface area contributed by atoms with Crippen LogP contribution in [0.4, 0.5) is 0 Å². The normalized spacial score (nSPS) is 11.6. The lowest BCUT2D eigenvalue weighted by molar-refractivity contribution is 0.460. The first kappa shape index (κ1) is 15.5. The Balaban J connectivity index is 1.63. The molecule has 5 heteroatoms. The summed E-state index contributed by atoms with van der Waals surface area (Å²) in [6, 6.07) is 22.6. The van der Waals surface area contributed by atoms with Crippen LogP contribution in [-0.2, 0) is 0 Å². The molecule has 28 heavy (non-hydrogen) atoms. The van der Waals surface area contributed by atoms with E-state index in [0.29, 0.717) is 0 Å². The fourth-order valence-corrected chi connectivity index (χ4v) is 4.54. The average molecular weight is 379 g/mol. The predicted octanol–water partition coefficient (Wildman–Crippen LogP) is 6.32. The van der Waals surface area contributed by atoms with E-state index in [4.69, 9.17) is 8.90 Å². The topological polar surface area (TPSA) is 51.8 Å². The van der Waals surface area contributed by atoms with Gasteiger partial charge < -0.3 is 4.52 Å². The minimum absolute atomic E-state index is 0.764. The van der Waals surface area contributed by atoms with Crippen molar-refractivity contribution in [2.75, 3.05) is 0 Å². The molecule has 0 radical (unpaired) electrons. The van der Waals surface area contributed by atoms with Gasteiger partial charge in [0.25, 0.3) is 0 Å². The van der Waals surface area contributed by atoms with E-state index in [9.17, 15) is 0 Å². The monoisotopic (exact) mass is 379 g/mol. The lowest BCUT2D eigenvalue weighted by Crippen LogP contribution is -1.83. The van der Waals surface area contributed by atoms with Gasteiger partial charge in [-0.1, -0.05) is 47.6 Å². The van der Waals surface area contributed by atoms with Gasteiger partial charge in [-0.2, -0.15) is 4.37 Å². The van der Waals surface area contributed by atoms with Crippen LogP contribution in [0.5, 0.6) is 0 Å². The van der Waals surface area contributed by atoms with Gasteiger partial charge in [-0.3, -0.25) is 4.98 Å². The van der Waals surface area contributed by atoms with Crippen LogP contribution in [0.15, 0.2) is 83.6 Å². The molecule has 0 bridgehead atoms. The Bertz CT molecular complexity index is 1480. The van der Waals surface area contributed by atoms with E-state index >= 15 is 0 Å². The molecule has 0 N–H and O–H groups in total. The Morgan fingerprint density at radius 1 is 0.714 bits per heavy atom. The molecular formula is C23H13N3OS. The van der Waals surface area contributed by atoms with Crippen LogP contribution in [0.25, 0.3) is 54.3 Å².